The number of ether oxygens (including phenoxy) is 1. The highest BCUT2D eigenvalue weighted by atomic mass is 32.1. The van der Waals surface area contributed by atoms with Crippen LogP contribution in [-0.4, -0.2) is 54.3 Å². The Bertz CT molecular complexity index is 692. The van der Waals surface area contributed by atoms with Crippen LogP contribution in [0.4, 0.5) is 5.95 Å². The van der Waals surface area contributed by atoms with Gasteiger partial charge in [0.2, 0.25) is 5.95 Å². The SMILES string of the molecule is Cc1ccc(CN2CCCC3(COCCN(c4ncccn4)C3)C2)s1. The van der Waals surface area contributed by atoms with Crippen molar-refractivity contribution in [2.75, 3.05) is 44.3 Å². The van der Waals surface area contributed by atoms with Crippen LogP contribution in [-0.2, 0) is 11.3 Å². The average Bonchev–Trinajstić information content (AvgIpc) is 2.92. The Hall–Kier alpha value is -1.50. The minimum atomic E-state index is 0.181. The van der Waals surface area contributed by atoms with Gasteiger partial charge >= 0.3 is 0 Å². The van der Waals surface area contributed by atoms with E-state index in [2.05, 4.69) is 38.8 Å². The van der Waals surface area contributed by atoms with Gasteiger partial charge in [0.15, 0.2) is 0 Å². The third kappa shape index (κ3) is 4.02. The van der Waals surface area contributed by atoms with Crippen molar-refractivity contribution in [3.8, 4) is 0 Å². The van der Waals surface area contributed by atoms with E-state index in [1.54, 1.807) is 0 Å². The fraction of sp³-hybridized carbons (Fsp3) is 0.579. The van der Waals surface area contributed by atoms with Crippen molar-refractivity contribution in [3.05, 3.63) is 40.3 Å². The lowest BCUT2D eigenvalue weighted by molar-refractivity contribution is 0.0109. The van der Waals surface area contributed by atoms with Crippen molar-refractivity contribution in [2.24, 2.45) is 5.41 Å². The van der Waals surface area contributed by atoms with Gasteiger partial charge in [-0.2, -0.15) is 0 Å². The van der Waals surface area contributed by atoms with Crippen LogP contribution in [0.25, 0.3) is 0 Å². The molecule has 0 N–H and O–H groups in total. The monoisotopic (exact) mass is 358 g/mol. The van der Waals surface area contributed by atoms with Crippen LogP contribution in [0.3, 0.4) is 0 Å². The predicted molar refractivity (Wildman–Crippen MR) is 101 cm³/mol. The van der Waals surface area contributed by atoms with Gasteiger partial charge in [0.1, 0.15) is 0 Å². The summed E-state index contributed by atoms with van der Waals surface area (Å²) in [5.74, 6) is 0.832. The van der Waals surface area contributed by atoms with Gasteiger partial charge in [0.05, 0.1) is 13.2 Å². The maximum Gasteiger partial charge on any atom is 0.225 e. The molecule has 2 aliphatic rings. The number of aromatic nitrogens is 2. The fourth-order valence-electron chi connectivity index (χ4n) is 4.10. The lowest BCUT2D eigenvalue weighted by atomic mass is 9.80. The molecule has 0 saturated carbocycles. The Morgan fingerprint density at radius 3 is 2.88 bits per heavy atom. The van der Waals surface area contributed by atoms with E-state index >= 15 is 0 Å². The molecular weight excluding hydrogens is 332 g/mol. The lowest BCUT2D eigenvalue weighted by Crippen LogP contribution is -2.50. The van der Waals surface area contributed by atoms with Crippen molar-refractivity contribution in [1.29, 1.82) is 0 Å². The number of likely N-dealkylation sites (tertiary alicyclic amines) is 1. The lowest BCUT2D eigenvalue weighted by Gasteiger charge is -2.43. The second-order valence-electron chi connectivity index (χ2n) is 7.35. The van der Waals surface area contributed by atoms with E-state index in [1.165, 1.54) is 29.1 Å². The molecule has 0 aromatic carbocycles. The van der Waals surface area contributed by atoms with Gasteiger partial charge in [0.25, 0.3) is 0 Å². The highest BCUT2D eigenvalue weighted by Crippen LogP contribution is 2.34. The van der Waals surface area contributed by atoms with E-state index in [4.69, 9.17) is 4.74 Å². The molecule has 1 unspecified atom stereocenters. The van der Waals surface area contributed by atoms with Gasteiger partial charge in [-0.1, -0.05) is 0 Å². The largest absolute Gasteiger partial charge is 0.379 e. The van der Waals surface area contributed by atoms with Crippen molar-refractivity contribution in [2.45, 2.75) is 26.3 Å². The van der Waals surface area contributed by atoms with E-state index < -0.39 is 0 Å². The first-order chi connectivity index (χ1) is 12.2. The van der Waals surface area contributed by atoms with Crippen molar-refractivity contribution >= 4 is 17.3 Å². The summed E-state index contributed by atoms with van der Waals surface area (Å²) in [4.78, 5) is 16.7. The molecule has 0 radical (unpaired) electrons. The summed E-state index contributed by atoms with van der Waals surface area (Å²) < 4.78 is 6.02. The third-order valence-electron chi connectivity index (χ3n) is 5.19. The summed E-state index contributed by atoms with van der Waals surface area (Å²) in [5, 5.41) is 0. The summed E-state index contributed by atoms with van der Waals surface area (Å²) in [6.07, 6.45) is 6.10. The molecule has 0 aliphatic carbocycles. The van der Waals surface area contributed by atoms with E-state index in [-0.39, 0.29) is 5.41 Å². The molecular formula is C19H26N4OS. The Morgan fingerprint density at radius 2 is 2.08 bits per heavy atom. The van der Waals surface area contributed by atoms with Crippen LogP contribution in [0.2, 0.25) is 0 Å². The number of hydrogen-bond donors (Lipinski definition) is 0. The number of nitrogens with zero attached hydrogens (tertiary/aromatic N) is 4. The maximum atomic E-state index is 6.02. The minimum absolute atomic E-state index is 0.181. The van der Waals surface area contributed by atoms with Gasteiger partial charge in [-0.25, -0.2) is 9.97 Å². The standard InChI is InChI=1S/C19H26N4OS/c1-16-4-5-17(25-16)12-22-9-2-6-19(13-22)14-23(10-11-24-15-19)18-20-7-3-8-21-18/h3-5,7-8H,2,6,9-15H2,1H3. The van der Waals surface area contributed by atoms with Gasteiger partial charge in [-0.3, -0.25) is 4.90 Å². The van der Waals surface area contributed by atoms with Crippen LogP contribution in [0.5, 0.6) is 0 Å². The average molecular weight is 359 g/mol. The molecule has 6 heteroatoms. The number of piperidine rings is 1. The third-order valence-corrected chi connectivity index (χ3v) is 6.18. The molecule has 2 fully saturated rings. The van der Waals surface area contributed by atoms with E-state index in [9.17, 15) is 0 Å². The molecule has 2 saturated heterocycles. The van der Waals surface area contributed by atoms with Gasteiger partial charge in [-0.15, -0.1) is 11.3 Å². The molecule has 4 heterocycles. The topological polar surface area (TPSA) is 41.5 Å². The number of aryl methyl sites for hydroxylation is 1. The Kier molecular flexibility index (Phi) is 5.01. The molecule has 1 spiro atoms. The molecule has 2 aromatic rings. The molecule has 5 nitrogen and oxygen atoms in total. The van der Waals surface area contributed by atoms with Crippen molar-refractivity contribution in [3.63, 3.8) is 0 Å². The highest BCUT2D eigenvalue weighted by Gasteiger charge is 2.39. The predicted octanol–water partition coefficient (Wildman–Crippen LogP) is 2.97. The van der Waals surface area contributed by atoms with Crippen LogP contribution in [0.15, 0.2) is 30.6 Å². The van der Waals surface area contributed by atoms with Crippen LogP contribution >= 0.6 is 11.3 Å². The summed E-state index contributed by atoms with van der Waals surface area (Å²) in [6.45, 7) is 8.96. The minimum Gasteiger partial charge on any atom is -0.379 e. The molecule has 25 heavy (non-hydrogen) atoms. The highest BCUT2D eigenvalue weighted by molar-refractivity contribution is 7.11. The smallest absolute Gasteiger partial charge is 0.225 e. The second kappa shape index (κ2) is 7.40. The van der Waals surface area contributed by atoms with Crippen LogP contribution < -0.4 is 4.90 Å². The fourth-order valence-corrected chi connectivity index (χ4v) is 5.03. The summed E-state index contributed by atoms with van der Waals surface area (Å²) in [5.41, 5.74) is 0.181. The zero-order valence-electron chi connectivity index (χ0n) is 14.9. The zero-order chi connectivity index (χ0) is 17.1. The first-order valence-corrected chi connectivity index (χ1v) is 9.92. The summed E-state index contributed by atoms with van der Waals surface area (Å²) >= 11 is 1.91. The van der Waals surface area contributed by atoms with Gasteiger partial charge in [0, 0.05) is 53.7 Å². The second-order valence-corrected chi connectivity index (χ2v) is 8.72. The van der Waals surface area contributed by atoms with Gasteiger partial charge < -0.3 is 9.64 Å². The first kappa shape index (κ1) is 16.9. The molecule has 0 bridgehead atoms. The molecule has 0 amide bonds. The number of anilines is 1. The molecule has 1 atom stereocenters. The van der Waals surface area contributed by atoms with E-state index in [0.29, 0.717) is 0 Å². The number of rotatable bonds is 3. The normalized spacial score (nSPS) is 25.2. The first-order valence-electron chi connectivity index (χ1n) is 9.10. The van der Waals surface area contributed by atoms with E-state index in [0.717, 1.165) is 45.3 Å². The Morgan fingerprint density at radius 1 is 1.20 bits per heavy atom. The number of hydrogen-bond acceptors (Lipinski definition) is 6. The molecule has 2 aromatic heterocycles. The summed E-state index contributed by atoms with van der Waals surface area (Å²) in [6, 6.07) is 6.37. The Labute approximate surface area is 153 Å². The van der Waals surface area contributed by atoms with E-state index in [1.807, 2.05) is 29.8 Å². The van der Waals surface area contributed by atoms with Crippen molar-refractivity contribution in [1.82, 2.24) is 14.9 Å². The summed E-state index contributed by atoms with van der Waals surface area (Å²) in [7, 11) is 0. The number of thiophene rings is 1. The van der Waals surface area contributed by atoms with Crippen molar-refractivity contribution < 1.29 is 4.74 Å². The Balaban J connectivity index is 1.48. The quantitative estimate of drug-likeness (QED) is 0.844. The van der Waals surface area contributed by atoms with Gasteiger partial charge in [-0.05, 0) is 44.5 Å². The molecule has 4 rings (SSSR count). The zero-order valence-corrected chi connectivity index (χ0v) is 15.7. The van der Waals surface area contributed by atoms with Crippen LogP contribution in [0.1, 0.15) is 22.6 Å². The van der Waals surface area contributed by atoms with Crippen LogP contribution in [0, 0.1) is 12.3 Å². The molecule has 134 valence electrons. The maximum absolute atomic E-state index is 6.02. The molecule has 2 aliphatic heterocycles.